The maximum atomic E-state index is 6.83. The number of benzene rings is 10. The molecule has 0 atom stereocenters. The number of fused-ring (bicyclic) bond motifs is 9. The Morgan fingerprint density at radius 2 is 0.906 bits per heavy atom. The maximum Gasteiger partial charge on any atom is 0.136 e. The van der Waals surface area contributed by atoms with Gasteiger partial charge in [-0.3, -0.25) is 0 Å². The van der Waals surface area contributed by atoms with Crippen molar-refractivity contribution in [3.63, 3.8) is 0 Å². The van der Waals surface area contributed by atoms with Gasteiger partial charge in [-0.25, -0.2) is 0 Å². The van der Waals surface area contributed by atoms with Crippen molar-refractivity contribution >= 4 is 102 Å². The second-order valence-electron chi connectivity index (χ2n) is 16.4. The highest BCUT2D eigenvalue weighted by molar-refractivity contribution is 7.26. The quantitative estimate of drug-likeness (QED) is 0.159. The van der Waals surface area contributed by atoms with Crippen molar-refractivity contribution in [3.05, 3.63) is 224 Å². The lowest BCUT2D eigenvalue weighted by molar-refractivity contribution is 0.669. The van der Waals surface area contributed by atoms with Crippen molar-refractivity contribution in [2.45, 2.75) is 0 Å². The molecule has 4 heteroatoms. The number of anilines is 3. The molecule has 0 aliphatic heterocycles. The molecule has 3 aromatic heterocycles. The van der Waals surface area contributed by atoms with Crippen molar-refractivity contribution in [1.82, 2.24) is 0 Å². The number of hydrogen-bond acceptors (Lipinski definition) is 4. The summed E-state index contributed by atoms with van der Waals surface area (Å²) in [6, 6.07) is 81.6. The summed E-state index contributed by atoms with van der Waals surface area (Å²) in [6.07, 6.45) is 0. The topological polar surface area (TPSA) is 16.4 Å². The number of hydrogen-bond donors (Lipinski definition) is 0. The fourth-order valence-electron chi connectivity index (χ4n) is 9.66. The summed E-state index contributed by atoms with van der Waals surface area (Å²) in [6.45, 7) is 0. The normalized spacial score (nSPS) is 11.8. The fraction of sp³-hybridized carbons (Fsp3) is 0. The molecule has 0 saturated carbocycles. The van der Waals surface area contributed by atoms with E-state index < -0.39 is 0 Å². The van der Waals surface area contributed by atoms with Crippen LogP contribution < -0.4 is 4.90 Å². The highest BCUT2D eigenvalue weighted by Gasteiger charge is 2.24. The Bertz CT molecular complexity index is 3890. The first-order valence-electron chi connectivity index (χ1n) is 21.6. The van der Waals surface area contributed by atoms with E-state index in [1.165, 1.54) is 62.6 Å². The summed E-state index contributed by atoms with van der Waals surface area (Å²) in [5, 5.41) is 7.26. The van der Waals surface area contributed by atoms with Crippen molar-refractivity contribution < 1.29 is 4.42 Å². The molecule has 64 heavy (non-hydrogen) atoms. The molecule has 13 rings (SSSR count). The van der Waals surface area contributed by atoms with Gasteiger partial charge in [0.2, 0.25) is 0 Å². The van der Waals surface area contributed by atoms with Gasteiger partial charge < -0.3 is 9.32 Å². The van der Waals surface area contributed by atoms with Crippen molar-refractivity contribution in [3.8, 4) is 44.5 Å². The van der Waals surface area contributed by atoms with Gasteiger partial charge in [-0.1, -0.05) is 164 Å². The Morgan fingerprint density at radius 1 is 0.312 bits per heavy atom. The fourth-order valence-corrected chi connectivity index (χ4v) is 12.1. The van der Waals surface area contributed by atoms with Gasteiger partial charge in [0.15, 0.2) is 0 Å². The molecule has 0 fully saturated rings. The van der Waals surface area contributed by atoms with Crippen molar-refractivity contribution in [2.24, 2.45) is 0 Å². The van der Waals surface area contributed by atoms with E-state index in [-0.39, 0.29) is 0 Å². The Labute approximate surface area is 378 Å². The summed E-state index contributed by atoms with van der Waals surface area (Å²) in [7, 11) is 0. The van der Waals surface area contributed by atoms with Crippen LogP contribution in [0.4, 0.5) is 17.1 Å². The van der Waals surface area contributed by atoms with E-state index in [4.69, 9.17) is 4.42 Å². The van der Waals surface area contributed by atoms with Crippen LogP contribution >= 0.6 is 22.7 Å². The SMILES string of the molecule is c1ccc(-c2cc(-c3ccccc3)c3c(c2)oc2ccc(N(c4ccc5c(c4)sc4ccccc45)c4ccc(-c5ccccc5)c5sc6cc(-c7ccccc7)ccc6c45)cc23)cc1. The second kappa shape index (κ2) is 15.0. The first kappa shape index (κ1) is 36.9. The van der Waals surface area contributed by atoms with Crippen LogP contribution in [-0.4, -0.2) is 0 Å². The molecule has 0 spiro atoms. The lowest BCUT2D eigenvalue weighted by atomic mass is 9.94. The Balaban J connectivity index is 1.09. The van der Waals surface area contributed by atoms with E-state index in [0.717, 1.165) is 61.3 Å². The lowest BCUT2D eigenvalue weighted by Crippen LogP contribution is -2.10. The minimum Gasteiger partial charge on any atom is -0.456 e. The molecule has 10 aromatic carbocycles. The predicted molar refractivity (Wildman–Crippen MR) is 276 cm³/mol. The molecule has 0 N–H and O–H groups in total. The monoisotopic (exact) mass is 851 g/mol. The second-order valence-corrected chi connectivity index (χ2v) is 18.5. The molecule has 0 amide bonds. The smallest absolute Gasteiger partial charge is 0.136 e. The van der Waals surface area contributed by atoms with Gasteiger partial charge in [0.1, 0.15) is 11.2 Å². The Kier molecular flexibility index (Phi) is 8.61. The minimum atomic E-state index is 0.861. The highest BCUT2D eigenvalue weighted by Crippen LogP contribution is 2.51. The van der Waals surface area contributed by atoms with Gasteiger partial charge in [-0.15, -0.1) is 22.7 Å². The van der Waals surface area contributed by atoms with Gasteiger partial charge in [-0.2, -0.15) is 0 Å². The van der Waals surface area contributed by atoms with E-state index >= 15 is 0 Å². The molecule has 0 aliphatic rings. The van der Waals surface area contributed by atoms with E-state index in [2.05, 4.69) is 229 Å². The van der Waals surface area contributed by atoms with Gasteiger partial charge in [-0.05, 0) is 105 Å². The van der Waals surface area contributed by atoms with Crippen LogP contribution in [0.3, 0.4) is 0 Å². The van der Waals surface area contributed by atoms with Crippen LogP contribution in [0.15, 0.2) is 229 Å². The summed E-state index contributed by atoms with van der Waals surface area (Å²) < 4.78 is 11.9. The third-order valence-electron chi connectivity index (χ3n) is 12.7. The summed E-state index contributed by atoms with van der Waals surface area (Å²) in [4.78, 5) is 2.48. The molecular weight excluding hydrogens is 815 g/mol. The average molecular weight is 852 g/mol. The predicted octanol–water partition coefficient (Wildman–Crippen LogP) is 18.5. The third-order valence-corrected chi connectivity index (χ3v) is 15.0. The molecule has 0 unspecified atom stereocenters. The first-order chi connectivity index (χ1) is 31.7. The van der Waals surface area contributed by atoms with Crippen LogP contribution in [-0.2, 0) is 0 Å². The zero-order valence-corrected chi connectivity index (χ0v) is 36.2. The number of thiophene rings is 2. The summed E-state index contributed by atoms with van der Waals surface area (Å²) >= 11 is 3.74. The van der Waals surface area contributed by atoms with E-state index in [1.807, 2.05) is 22.7 Å². The molecule has 3 heterocycles. The van der Waals surface area contributed by atoms with Crippen molar-refractivity contribution in [2.75, 3.05) is 4.90 Å². The first-order valence-corrected chi connectivity index (χ1v) is 23.3. The lowest BCUT2D eigenvalue weighted by Gasteiger charge is -2.27. The maximum absolute atomic E-state index is 6.83. The van der Waals surface area contributed by atoms with E-state index in [1.54, 1.807) is 0 Å². The number of rotatable bonds is 7. The van der Waals surface area contributed by atoms with E-state index in [0.29, 0.717) is 0 Å². The summed E-state index contributed by atoms with van der Waals surface area (Å²) in [5.74, 6) is 0. The molecule has 0 aliphatic carbocycles. The van der Waals surface area contributed by atoms with Crippen LogP contribution in [0, 0.1) is 0 Å². The standard InChI is InChI=1S/C60H37NOS2/c1-5-15-38(16-6-1)42-25-28-49-56(35-42)64-60-46(40-19-9-3-10-20-40)30-31-52(59(49)60)61(45-26-29-48-47-23-13-14-24-55(47)63-57(48)37-45)44-27-32-53-51(36-44)58-50(41-21-11-4-12-22-41)33-43(34-54(58)62-53)39-17-7-2-8-18-39/h1-37H. The van der Waals surface area contributed by atoms with Crippen LogP contribution in [0.5, 0.6) is 0 Å². The minimum absolute atomic E-state index is 0.861. The highest BCUT2D eigenvalue weighted by atomic mass is 32.1. The largest absolute Gasteiger partial charge is 0.456 e. The van der Waals surface area contributed by atoms with Gasteiger partial charge in [0.25, 0.3) is 0 Å². The molecule has 13 aromatic rings. The van der Waals surface area contributed by atoms with Gasteiger partial charge in [0, 0.05) is 62.5 Å². The third kappa shape index (κ3) is 6.06. The molecular formula is C60H37NOS2. The molecule has 300 valence electrons. The zero-order valence-electron chi connectivity index (χ0n) is 34.5. The molecule has 0 radical (unpaired) electrons. The molecule has 0 bridgehead atoms. The Hall–Kier alpha value is -7.76. The van der Waals surface area contributed by atoms with Gasteiger partial charge in [0.05, 0.1) is 5.69 Å². The zero-order chi connectivity index (χ0) is 42.1. The summed E-state index contributed by atoms with van der Waals surface area (Å²) in [5.41, 5.74) is 14.5. The van der Waals surface area contributed by atoms with Crippen LogP contribution in [0.25, 0.3) is 107 Å². The number of nitrogens with zero attached hydrogens (tertiary/aromatic N) is 1. The Morgan fingerprint density at radius 3 is 1.66 bits per heavy atom. The molecule has 0 saturated heterocycles. The van der Waals surface area contributed by atoms with Crippen LogP contribution in [0.1, 0.15) is 0 Å². The van der Waals surface area contributed by atoms with E-state index in [9.17, 15) is 0 Å². The number of furan rings is 1. The van der Waals surface area contributed by atoms with Crippen molar-refractivity contribution in [1.29, 1.82) is 0 Å². The molecule has 2 nitrogen and oxygen atoms in total. The van der Waals surface area contributed by atoms with Gasteiger partial charge >= 0.3 is 0 Å². The van der Waals surface area contributed by atoms with Crippen LogP contribution in [0.2, 0.25) is 0 Å². The average Bonchev–Trinajstić information content (AvgIpc) is 4.06.